The molecule has 0 aliphatic rings. The van der Waals surface area contributed by atoms with Gasteiger partial charge in [0.2, 0.25) is 0 Å². The molecular formula is C15H14BrF2N. The summed E-state index contributed by atoms with van der Waals surface area (Å²) >= 11 is 3.33. The highest BCUT2D eigenvalue weighted by molar-refractivity contribution is 9.10. The van der Waals surface area contributed by atoms with Crippen molar-refractivity contribution in [1.29, 1.82) is 0 Å². The minimum atomic E-state index is -0.289. The normalized spacial score (nSPS) is 12.4. The van der Waals surface area contributed by atoms with Gasteiger partial charge >= 0.3 is 0 Å². The summed E-state index contributed by atoms with van der Waals surface area (Å²) in [6.45, 7) is 0. The average Bonchev–Trinajstić information content (AvgIpc) is 2.39. The maximum absolute atomic E-state index is 13.8. The van der Waals surface area contributed by atoms with Crippen molar-refractivity contribution >= 4 is 15.9 Å². The molecule has 0 heterocycles. The lowest BCUT2D eigenvalue weighted by Crippen LogP contribution is -2.20. The molecule has 1 N–H and O–H groups in total. The molecule has 0 aliphatic heterocycles. The van der Waals surface area contributed by atoms with Crippen LogP contribution in [-0.2, 0) is 6.42 Å². The van der Waals surface area contributed by atoms with Crippen molar-refractivity contribution in [2.24, 2.45) is 0 Å². The second kappa shape index (κ2) is 6.26. The molecule has 0 aromatic heterocycles. The monoisotopic (exact) mass is 325 g/mol. The third-order valence-corrected chi connectivity index (χ3v) is 3.81. The van der Waals surface area contributed by atoms with Gasteiger partial charge in [-0.15, -0.1) is 0 Å². The number of hydrogen-bond acceptors (Lipinski definition) is 1. The summed E-state index contributed by atoms with van der Waals surface area (Å²) < 4.78 is 27.5. The Balaban J connectivity index is 2.27. The fraction of sp³-hybridized carbons (Fsp3) is 0.200. The second-order valence-electron chi connectivity index (χ2n) is 4.30. The quantitative estimate of drug-likeness (QED) is 0.887. The SMILES string of the molecule is CNC(Cc1ccc(F)cc1Br)c1ccccc1F. The van der Waals surface area contributed by atoms with Gasteiger partial charge in [-0.25, -0.2) is 8.78 Å². The Morgan fingerprint density at radius 2 is 1.89 bits per heavy atom. The van der Waals surface area contributed by atoms with Crippen molar-refractivity contribution in [2.45, 2.75) is 12.5 Å². The summed E-state index contributed by atoms with van der Waals surface area (Å²) in [4.78, 5) is 0. The summed E-state index contributed by atoms with van der Waals surface area (Å²) in [6.07, 6.45) is 0.582. The highest BCUT2D eigenvalue weighted by Crippen LogP contribution is 2.25. The third kappa shape index (κ3) is 3.39. The number of rotatable bonds is 4. The van der Waals surface area contributed by atoms with Gasteiger partial charge in [-0.2, -0.15) is 0 Å². The van der Waals surface area contributed by atoms with E-state index in [1.165, 1.54) is 18.2 Å². The zero-order valence-corrected chi connectivity index (χ0v) is 12.0. The fourth-order valence-corrected chi connectivity index (χ4v) is 2.55. The van der Waals surface area contributed by atoms with Crippen LogP contribution >= 0.6 is 15.9 Å². The first-order valence-electron chi connectivity index (χ1n) is 5.97. The smallest absolute Gasteiger partial charge is 0.127 e. The molecule has 100 valence electrons. The van der Waals surface area contributed by atoms with Crippen LogP contribution in [0.1, 0.15) is 17.2 Å². The molecular weight excluding hydrogens is 312 g/mol. The molecule has 0 fully saturated rings. The van der Waals surface area contributed by atoms with Crippen LogP contribution in [-0.4, -0.2) is 7.05 Å². The zero-order chi connectivity index (χ0) is 13.8. The molecule has 1 unspecified atom stereocenters. The molecule has 19 heavy (non-hydrogen) atoms. The molecule has 2 aromatic carbocycles. The van der Waals surface area contributed by atoms with Crippen molar-refractivity contribution in [3.63, 3.8) is 0 Å². The van der Waals surface area contributed by atoms with E-state index >= 15 is 0 Å². The molecule has 0 saturated carbocycles. The number of halogens is 3. The first-order valence-corrected chi connectivity index (χ1v) is 6.76. The largest absolute Gasteiger partial charge is 0.313 e. The summed E-state index contributed by atoms with van der Waals surface area (Å²) in [5, 5.41) is 3.09. The van der Waals surface area contributed by atoms with E-state index in [2.05, 4.69) is 21.2 Å². The molecule has 0 aliphatic carbocycles. The van der Waals surface area contributed by atoms with E-state index in [1.54, 1.807) is 25.2 Å². The number of likely N-dealkylation sites (N-methyl/N-ethyl adjacent to an activating group) is 1. The van der Waals surface area contributed by atoms with Crippen LogP contribution in [0.3, 0.4) is 0 Å². The van der Waals surface area contributed by atoms with Gasteiger partial charge in [0.15, 0.2) is 0 Å². The van der Waals surface area contributed by atoms with Crippen LogP contribution in [0.5, 0.6) is 0 Å². The van der Waals surface area contributed by atoms with Gasteiger partial charge in [0.05, 0.1) is 0 Å². The highest BCUT2D eigenvalue weighted by Gasteiger charge is 2.15. The van der Waals surface area contributed by atoms with Crippen LogP contribution in [0, 0.1) is 11.6 Å². The van der Waals surface area contributed by atoms with E-state index in [-0.39, 0.29) is 17.7 Å². The Kier molecular flexibility index (Phi) is 4.66. The summed E-state index contributed by atoms with van der Waals surface area (Å²) in [6, 6.07) is 11.1. The van der Waals surface area contributed by atoms with E-state index in [1.807, 2.05) is 6.07 Å². The van der Waals surface area contributed by atoms with Crippen molar-refractivity contribution in [3.8, 4) is 0 Å². The minimum absolute atomic E-state index is 0.150. The number of nitrogens with one attached hydrogen (secondary N) is 1. The Hall–Kier alpha value is -1.26. The van der Waals surface area contributed by atoms with Gasteiger partial charge in [0.1, 0.15) is 11.6 Å². The molecule has 0 bridgehead atoms. The topological polar surface area (TPSA) is 12.0 Å². The lowest BCUT2D eigenvalue weighted by molar-refractivity contribution is 0.533. The Morgan fingerprint density at radius 1 is 1.16 bits per heavy atom. The van der Waals surface area contributed by atoms with Crippen molar-refractivity contribution < 1.29 is 8.78 Å². The molecule has 0 saturated heterocycles. The van der Waals surface area contributed by atoms with Crippen LogP contribution in [0.15, 0.2) is 46.9 Å². The van der Waals surface area contributed by atoms with Gasteiger partial charge < -0.3 is 5.32 Å². The van der Waals surface area contributed by atoms with E-state index in [0.29, 0.717) is 16.5 Å². The Labute approximate surface area is 119 Å². The molecule has 2 rings (SSSR count). The van der Waals surface area contributed by atoms with Gasteiger partial charge in [0, 0.05) is 16.1 Å². The summed E-state index contributed by atoms with van der Waals surface area (Å²) in [5.41, 5.74) is 1.55. The van der Waals surface area contributed by atoms with E-state index in [9.17, 15) is 8.78 Å². The lowest BCUT2D eigenvalue weighted by Gasteiger charge is -2.18. The van der Waals surface area contributed by atoms with Gasteiger partial charge in [0.25, 0.3) is 0 Å². The van der Waals surface area contributed by atoms with Crippen LogP contribution in [0.25, 0.3) is 0 Å². The maximum atomic E-state index is 13.8. The predicted molar refractivity (Wildman–Crippen MR) is 76.0 cm³/mol. The van der Waals surface area contributed by atoms with Gasteiger partial charge in [-0.3, -0.25) is 0 Å². The van der Waals surface area contributed by atoms with Gasteiger partial charge in [-0.05, 0) is 37.2 Å². The van der Waals surface area contributed by atoms with Gasteiger partial charge in [-0.1, -0.05) is 40.2 Å². The second-order valence-corrected chi connectivity index (χ2v) is 5.16. The number of benzene rings is 2. The van der Waals surface area contributed by atoms with Crippen LogP contribution in [0.4, 0.5) is 8.78 Å². The van der Waals surface area contributed by atoms with E-state index in [0.717, 1.165) is 5.56 Å². The Morgan fingerprint density at radius 3 is 2.53 bits per heavy atom. The van der Waals surface area contributed by atoms with Crippen molar-refractivity contribution in [1.82, 2.24) is 5.32 Å². The Bertz CT molecular complexity index is 572. The first kappa shape index (κ1) is 14.2. The maximum Gasteiger partial charge on any atom is 0.127 e. The summed E-state index contributed by atoms with van der Waals surface area (Å²) in [7, 11) is 1.79. The molecule has 4 heteroatoms. The summed E-state index contributed by atoms with van der Waals surface area (Å²) in [5.74, 6) is -0.525. The van der Waals surface area contributed by atoms with Crippen LogP contribution in [0.2, 0.25) is 0 Å². The molecule has 2 aromatic rings. The standard InChI is InChI=1S/C15H14BrF2N/c1-19-15(12-4-2-3-5-14(12)18)8-10-6-7-11(17)9-13(10)16/h2-7,9,15,19H,8H2,1H3. The lowest BCUT2D eigenvalue weighted by atomic mass is 9.98. The third-order valence-electron chi connectivity index (χ3n) is 3.07. The van der Waals surface area contributed by atoms with Crippen molar-refractivity contribution in [2.75, 3.05) is 7.05 Å². The molecule has 0 radical (unpaired) electrons. The fourth-order valence-electron chi connectivity index (χ4n) is 2.03. The highest BCUT2D eigenvalue weighted by atomic mass is 79.9. The van der Waals surface area contributed by atoms with E-state index in [4.69, 9.17) is 0 Å². The predicted octanol–water partition coefficient (Wildman–Crippen LogP) is 4.23. The van der Waals surface area contributed by atoms with E-state index < -0.39 is 0 Å². The minimum Gasteiger partial charge on any atom is -0.313 e. The first-order chi connectivity index (χ1) is 9.11. The molecule has 1 nitrogen and oxygen atoms in total. The zero-order valence-electron chi connectivity index (χ0n) is 10.5. The number of hydrogen-bond donors (Lipinski definition) is 1. The molecule has 1 atom stereocenters. The van der Waals surface area contributed by atoms with Crippen molar-refractivity contribution in [3.05, 3.63) is 69.7 Å². The molecule has 0 amide bonds. The molecule has 0 spiro atoms. The average molecular weight is 326 g/mol. The van der Waals surface area contributed by atoms with Crippen LogP contribution < -0.4 is 5.32 Å².